The van der Waals surface area contributed by atoms with Crippen molar-refractivity contribution >= 4 is 17.7 Å². The van der Waals surface area contributed by atoms with E-state index in [1.165, 1.54) is 6.07 Å². The Morgan fingerprint density at radius 2 is 1.79 bits per heavy atom. The van der Waals surface area contributed by atoms with Crippen molar-refractivity contribution in [1.82, 2.24) is 9.47 Å². The molecule has 0 atom stereocenters. The van der Waals surface area contributed by atoms with E-state index in [1.807, 2.05) is 48.5 Å². The average Bonchev–Trinajstić information content (AvgIpc) is 2.74. The summed E-state index contributed by atoms with van der Waals surface area (Å²) >= 11 is 5.89. The van der Waals surface area contributed by atoms with Gasteiger partial charge in [0.25, 0.3) is 5.56 Å². The van der Waals surface area contributed by atoms with E-state index < -0.39 is 0 Å². The maximum Gasteiger partial charge on any atom is 0.258 e. The quantitative estimate of drug-likeness (QED) is 0.524. The van der Waals surface area contributed by atoms with Crippen molar-refractivity contribution in [3.05, 3.63) is 99.4 Å². The zero-order valence-corrected chi connectivity index (χ0v) is 17.5. The van der Waals surface area contributed by atoms with Crippen LogP contribution >= 0.6 is 11.6 Å². The van der Waals surface area contributed by atoms with Gasteiger partial charge in [0, 0.05) is 29.5 Å². The van der Waals surface area contributed by atoms with Gasteiger partial charge in [0.1, 0.15) is 12.4 Å². The molecule has 3 aromatic rings. The Labute approximate surface area is 176 Å². The van der Waals surface area contributed by atoms with E-state index in [-0.39, 0.29) is 5.56 Å². The number of pyridine rings is 1. The van der Waals surface area contributed by atoms with E-state index in [9.17, 15) is 4.79 Å². The molecule has 0 saturated carbocycles. The number of hydrogen-bond donors (Lipinski definition) is 0. The van der Waals surface area contributed by atoms with Crippen molar-refractivity contribution in [2.24, 2.45) is 0 Å². The summed E-state index contributed by atoms with van der Waals surface area (Å²) in [6, 6.07) is 18.6. The molecule has 0 spiro atoms. The lowest BCUT2D eigenvalue weighted by molar-refractivity contribution is 0.305. The van der Waals surface area contributed by atoms with E-state index in [0.717, 1.165) is 29.9 Å². The first-order valence-electron chi connectivity index (χ1n) is 9.60. The fraction of sp³-hybridized carbons (Fsp3) is 0.208. The molecule has 1 aromatic heterocycles. The van der Waals surface area contributed by atoms with E-state index in [2.05, 4.69) is 31.0 Å². The van der Waals surface area contributed by atoms with Gasteiger partial charge in [-0.1, -0.05) is 54.9 Å². The highest BCUT2D eigenvalue weighted by Crippen LogP contribution is 2.15. The summed E-state index contributed by atoms with van der Waals surface area (Å²) in [5.41, 5.74) is 2.79. The summed E-state index contributed by atoms with van der Waals surface area (Å²) in [6.07, 6.45) is 5.96. The first-order chi connectivity index (χ1) is 14.0. The van der Waals surface area contributed by atoms with Crippen LogP contribution in [0.25, 0.3) is 11.8 Å². The highest BCUT2D eigenvalue weighted by Gasteiger charge is 2.03. The second kappa shape index (κ2) is 10.1. The van der Waals surface area contributed by atoms with Gasteiger partial charge in [0.2, 0.25) is 0 Å². The van der Waals surface area contributed by atoms with Gasteiger partial charge in [0.05, 0.1) is 0 Å². The summed E-state index contributed by atoms with van der Waals surface area (Å²) in [7, 11) is 2.09. The molecule has 29 heavy (non-hydrogen) atoms. The van der Waals surface area contributed by atoms with Crippen molar-refractivity contribution in [3.8, 4) is 11.4 Å². The molecule has 1 heterocycles. The van der Waals surface area contributed by atoms with Gasteiger partial charge in [-0.3, -0.25) is 9.36 Å². The smallest absolute Gasteiger partial charge is 0.258 e. The highest BCUT2D eigenvalue weighted by atomic mass is 35.5. The van der Waals surface area contributed by atoms with Crippen LogP contribution in [-0.4, -0.2) is 29.6 Å². The first kappa shape index (κ1) is 20.9. The normalized spacial score (nSPS) is 11.3. The van der Waals surface area contributed by atoms with E-state index >= 15 is 0 Å². The minimum absolute atomic E-state index is 0.133. The van der Waals surface area contributed by atoms with Crippen molar-refractivity contribution in [1.29, 1.82) is 0 Å². The number of halogens is 1. The van der Waals surface area contributed by atoms with Gasteiger partial charge in [-0.05, 0) is 55.1 Å². The molecule has 0 aliphatic carbocycles. The third kappa shape index (κ3) is 6.08. The van der Waals surface area contributed by atoms with E-state index in [1.54, 1.807) is 16.8 Å². The lowest BCUT2D eigenvalue weighted by atomic mass is 10.2. The monoisotopic (exact) mass is 408 g/mol. The predicted octanol–water partition coefficient (Wildman–Crippen LogP) is 5.03. The molecular weight excluding hydrogens is 384 g/mol. The maximum absolute atomic E-state index is 12.5. The topological polar surface area (TPSA) is 34.5 Å². The Kier molecular flexibility index (Phi) is 7.28. The molecule has 150 valence electrons. The van der Waals surface area contributed by atoms with Gasteiger partial charge in [-0.2, -0.15) is 0 Å². The molecule has 0 fully saturated rings. The minimum Gasteiger partial charge on any atom is -0.489 e. The van der Waals surface area contributed by atoms with Gasteiger partial charge in [-0.25, -0.2) is 0 Å². The van der Waals surface area contributed by atoms with Crippen molar-refractivity contribution in [3.63, 3.8) is 0 Å². The second-order valence-corrected chi connectivity index (χ2v) is 7.27. The molecule has 0 saturated heterocycles. The van der Waals surface area contributed by atoms with Crippen molar-refractivity contribution < 1.29 is 4.74 Å². The summed E-state index contributed by atoms with van der Waals surface area (Å²) < 4.78 is 7.33. The molecule has 3 rings (SSSR count). The van der Waals surface area contributed by atoms with Crippen LogP contribution in [0, 0.1) is 0 Å². The van der Waals surface area contributed by atoms with Crippen molar-refractivity contribution in [2.45, 2.75) is 13.5 Å². The van der Waals surface area contributed by atoms with Gasteiger partial charge in [-0.15, -0.1) is 0 Å². The molecular formula is C24H25ClN2O2. The summed E-state index contributed by atoms with van der Waals surface area (Å²) in [5, 5.41) is 0.686. The number of benzene rings is 2. The Hall–Kier alpha value is -2.82. The average molecular weight is 409 g/mol. The molecule has 2 aromatic carbocycles. The summed E-state index contributed by atoms with van der Waals surface area (Å²) in [6.45, 7) is 4.45. The Balaban J connectivity index is 1.65. The number of likely N-dealkylation sites (N-methyl/N-ethyl adjacent to an activating group) is 1. The minimum atomic E-state index is -0.133. The van der Waals surface area contributed by atoms with Crippen LogP contribution in [0.5, 0.6) is 5.75 Å². The highest BCUT2D eigenvalue weighted by molar-refractivity contribution is 6.30. The number of aromatic nitrogens is 1. The molecule has 0 aliphatic rings. The van der Waals surface area contributed by atoms with Crippen molar-refractivity contribution in [2.75, 3.05) is 20.1 Å². The van der Waals surface area contributed by atoms with Gasteiger partial charge in [0.15, 0.2) is 0 Å². The van der Waals surface area contributed by atoms with Crippen LogP contribution in [0.4, 0.5) is 0 Å². The largest absolute Gasteiger partial charge is 0.489 e. The molecule has 0 radical (unpaired) electrons. The Morgan fingerprint density at radius 3 is 2.45 bits per heavy atom. The van der Waals surface area contributed by atoms with Crippen LogP contribution in [0.1, 0.15) is 18.1 Å². The second-order valence-electron chi connectivity index (χ2n) is 6.83. The SMILES string of the molecule is CCN(C)CC=Cc1ccc(-n2ccc(OCc3ccc(Cl)cc3)cc2=O)cc1. The standard InChI is InChI=1S/C24H25ClN2O2/c1-3-26(2)15-4-5-19-8-12-22(13-9-19)27-16-14-23(17-24(27)28)29-18-20-6-10-21(25)11-7-20/h4-14,16-17H,3,15,18H2,1-2H3. The molecule has 5 heteroatoms. The molecule has 0 N–H and O–H groups in total. The number of ether oxygens (including phenoxy) is 1. The lowest BCUT2D eigenvalue weighted by Gasteiger charge is -2.10. The van der Waals surface area contributed by atoms with Gasteiger partial charge >= 0.3 is 0 Å². The Morgan fingerprint density at radius 1 is 1.07 bits per heavy atom. The molecule has 0 amide bonds. The summed E-state index contributed by atoms with van der Waals surface area (Å²) in [4.78, 5) is 14.7. The van der Waals surface area contributed by atoms with Crippen LogP contribution in [0.15, 0.2) is 77.7 Å². The number of nitrogens with zero attached hydrogens (tertiary/aromatic N) is 2. The molecule has 0 unspecified atom stereocenters. The van der Waals surface area contributed by atoms with E-state index in [4.69, 9.17) is 16.3 Å². The van der Waals surface area contributed by atoms with Crippen LogP contribution in [-0.2, 0) is 6.61 Å². The lowest BCUT2D eigenvalue weighted by Crippen LogP contribution is -2.17. The predicted molar refractivity (Wildman–Crippen MR) is 120 cm³/mol. The van der Waals surface area contributed by atoms with Crippen LogP contribution < -0.4 is 10.3 Å². The first-order valence-corrected chi connectivity index (χ1v) is 9.98. The fourth-order valence-electron chi connectivity index (χ4n) is 2.76. The fourth-order valence-corrected chi connectivity index (χ4v) is 2.88. The maximum atomic E-state index is 12.5. The number of hydrogen-bond acceptors (Lipinski definition) is 3. The molecule has 0 bridgehead atoms. The number of rotatable bonds is 8. The third-order valence-corrected chi connectivity index (χ3v) is 4.90. The van der Waals surface area contributed by atoms with E-state index in [0.29, 0.717) is 17.4 Å². The summed E-state index contributed by atoms with van der Waals surface area (Å²) in [5.74, 6) is 0.542. The Bertz CT molecular complexity index is 1010. The van der Waals surface area contributed by atoms with Gasteiger partial charge < -0.3 is 9.64 Å². The zero-order chi connectivity index (χ0) is 20.6. The molecule has 0 aliphatic heterocycles. The third-order valence-electron chi connectivity index (χ3n) is 4.65. The zero-order valence-electron chi connectivity index (χ0n) is 16.7. The molecule has 4 nitrogen and oxygen atoms in total. The van der Waals surface area contributed by atoms with Crippen LogP contribution in [0.2, 0.25) is 5.02 Å². The van der Waals surface area contributed by atoms with Crippen LogP contribution in [0.3, 0.4) is 0 Å².